The second-order valence-corrected chi connectivity index (χ2v) is 10.7. The summed E-state index contributed by atoms with van der Waals surface area (Å²) in [6.07, 6.45) is 8.16. The third kappa shape index (κ3) is 5.01. The summed E-state index contributed by atoms with van der Waals surface area (Å²) < 4.78 is 5.45. The molecule has 182 valence electrons. The second kappa shape index (κ2) is 10.1. The Labute approximate surface area is 203 Å². The van der Waals surface area contributed by atoms with E-state index in [4.69, 9.17) is 9.84 Å². The van der Waals surface area contributed by atoms with E-state index < -0.39 is 0 Å². The number of amides is 1. The van der Waals surface area contributed by atoms with Crippen LogP contribution in [0.25, 0.3) is 0 Å². The van der Waals surface area contributed by atoms with Crippen molar-refractivity contribution in [2.75, 3.05) is 32.8 Å². The number of aliphatic hydroxyl groups is 1. The van der Waals surface area contributed by atoms with E-state index in [0.717, 1.165) is 51.2 Å². The van der Waals surface area contributed by atoms with Crippen LogP contribution in [0.4, 0.5) is 0 Å². The highest BCUT2D eigenvalue weighted by Crippen LogP contribution is 2.59. The minimum atomic E-state index is 0.0319. The summed E-state index contributed by atoms with van der Waals surface area (Å²) in [6.45, 7) is 4.19. The van der Waals surface area contributed by atoms with E-state index >= 15 is 0 Å². The van der Waals surface area contributed by atoms with Gasteiger partial charge < -0.3 is 15.2 Å². The van der Waals surface area contributed by atoms with E-state index in [1.807, 2.05) is 12.1 Å². The van der Waals surface area contributed by atoms with Crippen molar-refractivity contribution in [2.24, 2.45) is 11.3 Å². The molecule has 3 fully saturated rings. The standard InChI is InChI=1S/C29H38N2O3/c32-18-19-34-25-10-8-23(9-11-25)21-31-16-14-28(15-17-31)20-26(28)27(33)30-22-29(12-4-5-13-29)24-6-2-1-3-7-24/h1-3,6-11,26,32H,4-5,12-22H2,(H,30,33)/t26-/m0/s1. The molecule has 2 saturated carbocycles. The summed E-state index contributed by atoms with van der Waals surface area (Å²) in [7, 11) is 0. The average Bonchev–Trinajstić information content (AvgIpc) is 3.36. The van der Waals surface area contributed by atoms with Gasteiger partial charge in [-0.15, -0.1) is 0 Å². The number of hydrogen-bond acceptors (Lipinski definition) is 4. The van der Waals surface area contributed by atoms with Crippen LogP contribution in [-0.2, 0) is 16.8 Å². The first-order valence-corrected chi connectivity index (χ1v) is 13.0. The van der Waals surface area contributed by atoms with Crippen molar-refractivity contribution in [3.05, 3.63) is 65.7 Å². The molecule has 0 aromatic heterocycles. The number of aliphatic hydroxyl groups excluding tert-OH is 1. The number of benzene rings is 2. The van der Waals surface area contributed by atoms with Gasteiger partial charge in [0.1, 0.15) is 12.4 Å². The zero-order valence-corrected chi connectivity index (χ0v) is 20.2. The SMILES string of the molecule is O=C(NCC1(c2ccccc2)CCCC1)[C@@H]1CC12CCN(Cc1ccc(OCCO)cc1)CC2. The minimum absolute atomic E-state index is 0.0319. The van der Waals surface area contributed by atoms with Crippen LogP contribution in [0, 0.1) is 11.3 Å². The summed E-state index contributed by atoms with van der Waals surface area (Å²) >= 11 is 0. The van der Waals surface area contributed by atoms with Gasteiger partial charge in [-0.1, -0.05) is 55.3 Å². The molecule has 34 heavy (non-hydrogen) atoms. The molecule has 1 saturated heterocycles. The van der Waals surface area contributed by atoms with Crippen LogP contribution >= 0.6 is 0 Å². The van der Waals surface area contributed by atoms with Crippen molar-refractivity contribution in [1.82, 2.24) is 10.2 Å². The van der Waals surface area contributed by atoms with Crippen LogP contribution in [0.15, 0.2) is 54.6 Å². The Morgan fingerprint density at radius 3 is 2.38 bits per heavy atom. The second-order valence-electron chi connectivity index (χ2n) is 10.7. The number of hydrogen-bond donors (Lipinski definition) is 2. The predicted molar refractivity (Wildman–Crippen MR) is 134 cm³/mol. The summed E-state index contributed by atoms with van der Waals surface area (Å²) in [4.78, 5) is 15.6. The van der Waals surface area contributed by atoms with E-state index in [2.05, 4.69) is 52.7 Å². The molecule has 5 heteroatoms. The number of nitrogens with one attached hydrogen (secondary N) is 1. The van der Waals surface area contributed by atoms with E-state index in [0.29, 0.717) is 6.61 Å². The van der Waals surface area contributed by atoms with E-state index in [-0.39, 0.29) is 29.3 Å². The van der Waals surface area contributed by atoms with Crippen molar-refractivity contribution in [2.45, 2.75) is 56.9 Å². The number of carbonyl (C=O) groups is 1. The smallest absolute Gasteiger partial charge is 0.223 e. The maximum absolute atomic E-state index is 13.1. The first-order chi connectivity index (χ1) is 16.6. The average molecular weight is 463 g/mol. The lowest BCUT2D eigenvalue weighted by molar-refractivity contribution is -0.123. The van der Waals surface area contributed by atoms with Gasteiger partial charge in [0.25, 0.3) is 0 Å². The molecule has 2 aromatic rings. The largest absolute Gasteiger partial charge is 0.491 e. The molecule has 1 amide bonds. The van der Waals surface area contributed by atoms with Crippen molar-refractivity contribution >= 4 is 5.91 Å². The molecule has 3 aliphatic rings. The molecule has 1 aliphatic heterocycles. The lowest BCUT2D eigenvalue weighted by Crippen LogP contribution is -2.41. The monoisotopic (exact) mass is 462 g/mol. The zero-order chi connectivity index (χ0) is 23.4. The van der Waals surface area contributed by atoms with Gasteiger partial charge >= 0.3 is 0 Å². The molecule has 5 nitrogen and oxygen atoms in total. The van der Waals surface area contributed by atoms with Crippen LogP contribution in [0.5, 0.6) is 5.75 Å². The molecule has 2 aliphatic carbocycles. The van der Waals surface area contributed by atoms with Crippen LogP contribution in [0.2, 0.25) is 0 Å². The molecule has 2 aromatic carbocycles. The van der Waals surface area contributed by atoms with Gasteiger partial charge in [0, 0.05) is 24.4 Å². The maximum atomic E-state index is 13.1. The molecule has 0 unspecified atom stereocenters. The number of likely N-dealkylation sites (tertiary alicyclic amines) is 1. The molecule has 0 bridgehead atoms. The van der Waals surface area contributed by atoms with Crippen molar-refractivity contribution in [3.8, 4) is 5.75 Å². The third-order valence-electron chi connectivity index (χ3n) is 8.60. The molecule has 1 spiro atoms. The molecule has 0 radical (unpaired) electrons. The van der Waals surface area contributed by atoms with Gasteiger partial charge in [-0.05, 0) is 73.9 Å². The quantitative estimate of drug-likeness (QED) is 0.584. The Hall–Kier alpha value is -2.37. The lowest BCUT2D eigenvalue weighted by atomic mass is 9.78. The van der Waals surface area contributed by atoms with Gasteiger partial charge in [0.15, 0.2) is 0 Å². The lowest BCUT2D eigenvalue weighted by Gasteiger charge is -2.33. The fraction of sp³-hybridized carbons (Fsp3) is 0.552. The van der Waals surface area contributed by atoms with Crippen LogP contribution in [0.1, 0.15) is 56.1 Å². The first-order valence-electron chi connectivity index (χ1n) is 13.0. The van der Waals surface area contributed by atoms with Crippen LogP contribution < -0.4 is 10.1 Å². The number of carbonyl (C=O) groups excluding carboxylic acids is 1. The van der Waals surface area contributed by atoms with Crippen LogP contribution in [-0.4, -0.2) is 48.8 Å². The highest BCUT2D eigenvalue weighted by atomic mass is 16.5. The molecule has 1 heterocycles. The molecular formula is C29H38N2O3. The van der Waals surface area contributed by atoms with Crippen molar-refractivity contribution in [3.63, 3.8) is 0 Å². The maximum Gasteiger partial charge on any atom is 0.223 e. The number of nitrogens with zero attached hydrogens (tertiary/aromatic N) is 1. The van der Waals surface area contributed by atoms with Gasteiger partial charge in [0.05, 0.1) is 6.61 Å². The summed E-state index contributed by atoms with van der Waals surface area (Å²) in [5, 5.41) is 12.3. The Balaban J connectivity index is 1.10. The Morgan fingerprint density at radius 1 is 1.00 bits per heavy atom. The van der Waals surface area contributed by atoms with E-state index in [9.17, 15) is 4.79 Å². The van der Waals surface area contributed by atoms with E-state index in [1.165, 1.54) is 36.8 Å². The van der Waals surface area contributed by atoms with Gasteiger partial charge in [-0.3, -0.25) is 9.69 Å². The third-order valence-corrected chi connectivity index (χ3v) is 8.60. The van der Waals surface area contributed by atoms with Crippen LogP contribution in [0.3, 0.4) is 0 Å². The normalized spacial score (nSPS) is 23.0. The Kier molecular flexibility index (Phi) is 6.94. The number of ether oxygens (including phenoxy) is 1. The van der Waals surface area contributed by atoms with Crippen molar-refractivity contribution < 1.29 is 14.6 Å². The summed E-state index contributed by atoms with van der Waals surface area (Å²) in [5.41, 5.74) is 3.03. The predicted octanol–water partition coefficient (Wildman–Crippen LogP) is 4.29. The Bertz CT molecular complexity index is 945. The highest BCUT2D eigenvalue weighted by molar-refractivity contribution is 5.82. The zero-order valence-electron chi connectivity index (χ0n) is 20.2. The minimum Gasteiger partial charge on any atom is -0.491 e. The number of rotatable bonds is 9. The molecular weight excluding hydrogens is 424 g/mol. The Morgan fingerprint density at radius 2 is 1.71 bits per heavy atom. The number of piperidine rings is 1. The highest BCUT2D eigenvalue weighted by Gasteiger charge is 2.58. The van der Waals surface area contributed by atoms with Gasteiger partial charge in [-0.25, -0.2) is 0 Å². The fourth-order valence-corrected chi connectivity index (χ4v) is 6.33. The summed E-state index contributed by atoms with van der Waals surface area (Å²) in [5.74, 6) is 1.29. The molecule has 5 rings (SSSR count). The molecule has 2 N–H and O–H groups in total. The van der Waals surface area contributed by atoms with Gasteiger partial charge in [-0.2, -0.15) is 0 Å². The first kappa shape index (κ1) is 23.4. The topological polar surface area (TPSA) is 61.8 Å². The summed E-state index contributed by atoms with van der Waals surface area (Å²) in [6, 6.07) is 19.0. The van der Waals surface area contributed by atoms with Gasteiger partial charge in [0.2, 0.25) is 5.91 Å². The van der Waals surface area contributed by atoms with Crippen molar-refractivity contribution in [1.29, 1.82) is 0 Å². The van der Waals surface area contributed by atoms with E-state index in [1.54, 1.807) is 0 Å². The molecule has 1 atom stereocenters. The fourth-order valence-electron chi connectivity index (χ4n) is 6.33.